The Bertz CT molecular complexity index is 978. The number of rotatable bonds is 7. The molecule has 1 saturated carbocycles. The number of carbonyl (C=O) groups excluding carboxylic acids is 2. The van der Waals surface area contributed by atoms with Crippen molar-refractivity contribution in [3.63, 3.8) is 0 Å². The Morgan fingerprint density at radius 2 is 2.13 bits per heavy atom. The van der Waals surface area contributed by atoms with E-state index in [4.69, 9.17) is 0 Å². The fourth-order valence-corrected chi connectivity index (χ4v) is 3.87. The maximum absolute atomic E-state index is 12.3. The summed E-state index contributed by atoms with van der Waals surface area (Å²) >= 11 is 0. The fraction of sp³-hybridized carbons (Fsp3) is 0.476. The standard InChI is InChI=1S/C21H23F3N4O2/c22-21(23,24)9-7-19(30)26-14-3-1-13(2-4-14)17-11-18(28(12-29)15-5-6-15)27-20-16(17)8-10-25-20/h1,8,10-12,14-15H,2-7,9H2,(H,25,27)(H,26,30). The maximum Gasteiger partial charge on any atom is 0.389 e. The van der Waals surface area contributed by atoms with Gasteiger partial charge >= 0.3 is 6.18 Å². The van der Waals surface area contributed by atoms with Crippen molar-refractivity contribution in [3.8, 4) is 0 Å². The zero-order valence-corrected chi connectivity index (χ0v) is 16.3. The summed E-state index contributed by atoms with van der Waals surface area (Å²) in [5, 5.41) is 3.66. The van der Waals surface area contributed by atoms with E-state index in [1.807, 2.05) is 18.2 Å². The molecule has 0 bridgehead atoms. The third kappa shape index (κ3) is 4.66. The maximum atomic E-state index is 12.3. The van der Waals surface area contributed by atoms with Crippen LogP contribution >= 0.6 is 0 Å². The van der Waals surface area contributed by atoms with E-state index in [1.165, 1.54) is 0 Å². The van der Waals surface area contributed by atoms with Crippen LogP contribution in [0.3, 0.4) is 0 Å². The number of aromatic amines is 1. The molecule has 2 N–H and O–H groups in total. The van der Waals surface area contributed by atoms with E-state index in [1.54, 1.807) is 11.1 Å². The zero-order chi connectivity index (χ0) is 21.3. The van der Waals surface area contributed by atoms with Gasteiger partial charge in [0.05, 0.1) is 6.42 Å². The van der Waals surface area contributed by atoms with Crippen LogP contribution in [0.2, 0.25) is 0 Å². The van der Waals surface area contributed by atoms with Crippen LogP contribution in [0.15, 0.2) is 24.4 Å². The number of aromatic nitrogens is 2. The van der Waals surface area contributed by atoms with Crippen LogP contribution in [0.4, 0.5) is 19.0 Å². The second-order valence-electron chi connectivity index (χ2n) is 7.90. The van der Waals surface area contributed by atoms with Crippen molar-refractivity contribution in [1.82, 2.24) is 15.3 Å². The Hall–Kier alpha value is -2.84. The van der Waals surface area contributed by atoms with Crippen molar-refractivity contribution in [2.75, 3.05) is 4.90 Å². The molecular formula is C21H23F3N4O2. The molecule has 0 radical (unpaired) electrons. The summed E-state index contributed by atoms with van der Waals surface area (Å²) in [6.45, 7) is 0. The first kappa shape index (κ1) is 20.4. The number of halogens is 3. The van der Waals surface area contributed by atoms with Crippen LogP contribution < -0.4 is 10.2 Å². The van der Waals surface area contributed by atoms with Crippen LogP contribution in [0.1, 0.15) is 50.5 Å². The van der Waals surface area contributed by atoms with Crippen LogP contribution in [0.25, 0.3) is 16.6 Å². The first-order valence-electron chi connectivity index (χ1n) is 10.1. The molecule has 2 aliphatic rings. The molecule has 160 valence electrons. The van der Waals surface area contributed by atoms with Gasteiger partial charge in [0.1, 0.15) is 11.5 Å². The van der Waals surface area contributed by atoms with Gasteiger partial charge in [-0.05, 0) is 55.4 Å². The molecular weight excluding hydrogens is 397 g/mol. The van der Waals surface area contributed by atoms with Crippen LogP contribution in [0, 0.1) is 0 Å². The zero-order valence-electron chi connectivity index (χ0n) is 16.3. The Kier molecular flexibility index (Phi) is 5.53. The monoisotopic (exact) mass is 420 g/mol. The summed E-state index contributed by atoms with van der Waals surface area (Å²) in [5.41, 5.74) is 2.79. The summed E-state index contributed by atoms with van der Waals surface area (Å²) in [7, 11) is 0. The van der Waals surface area contributed by atoms with Gasteiger partial charge < -0.3 is 10.3 Å². The van der Waals surface area contributed by atoms with Gasteiger partial charge in [0.2, 0.25) is 12.3 Å². The lowest BCUT2D eigenvalue weighted by atomic mass is 9.89. The molecule has 30 heavy (non-hydrogen) atoms. The van der Waals surface area contributed by atoms with E-state index in [0.29, 0.717) is 30.7 Å². The minimum Gasteiger partial charge on any atom is -0.353 e. The van der Waals surface area contributed by atoms with Gasteiger partial charge in [0, 0.05) is 30.1 Å². The molecule has 0 aliphatic heterocycles. The quantitative estimate of drug-likeness (QED) is 0.663. The Labute approximate surface area is 171 Å². The molecule has 1 atom stereocenters. The predicted octanol–water partition coefficient (Wildman–Crippen LogP) is 4.08. The van der Waals surface area contributed by atoms with E-state index in [-0.39, 0.29) is 12.1 Å². The highest BCUT2D eigenvalue weighted by Crippen LogP contribution is 2.36. The number of pyridine rings is 1. The number of nitrogens with one attached hydrogen (secondary N) is 2. The first-order valence-corrected chi connectivity index (χ1v) is 10.1. The molecule has 2 aromatic rings. The molecule has 2 heterocycles. The van der Waals surface area contributed by atoms with E-state index in [2.05, 4.69) is 15.3 Å². The number of hydrogen-bond donors (Lipinski definition) is 2. The van der Waals surface area contributed by atoms with Gasteiger partial charge in [-0.25, -0.2) is 4.98 Å². The normalized spacial score (nSPS) is 19.4. The largest absolute Gasteiger partial charge is 0.389 e. The summed E-state index contributed by atoms with van der Waals surface area (Å²) in [6, 6.07) is 3.90. The molecule has 0 saturated heterocycles. The molecule has 0 spiro atoms. The number of carbonyl (C=O) groups is 2. The fourth-order valence-electron chi connectivity index (χ4n) is 3.87. The van der Waals surface area contributed by atoms with Gasteiger partial charge in [0.15, 0.2) is 0 Å². The smallest absolute Gasteiger partial charge is 0.353 e. The summed E-state index contributed by atoms with van der Waals surface area (Å²) in [5.74, 6) is 0.0420. The van der Waals surface area contributed by atoms with Crippen molar-refractivity contribution in [1.29, 1.82) is 0 Å². The number of allylic oxidation sites excluding steroid dienone is 1. The molecule has 1 fully saturated rings. The van der Waals surface area contributed by atoms with Gasteiger partial charge in [0.25, 0.3) is 0 Å². The van der Waals surface area contributed by atoms with Gasteiger partial charge in [-0.15, -0.1) is 0 Å². The minimum atomic E-state index is -4.33. The molecule has 1 unspecified atom stereocenters. The lowest BCUT2D eigenvalue weighted by Gasteiger charge is -2.24. The summed E-state index contributed by atoms with van der Waals surface area (Å²) in [6.07, 6.45) is 2.49. The summed E-state index contributed by atoms with van der Waals surface area (Å²) < 4.78 is 36.8. The molecule has 4 rings (SSSR count). The Morgan fingerprint density at radius 3 is 2.77 bits per heavy atom. The van der Waals surface area contributed by atoms with Crippen molar-refractivity contribution < 1.29 is 22.8 Å². The highest BCUT2D eigenvalue weighted by Gasteiger charge is 2.31. The molecule has 9 heteroatoms. The number of anilines is 1. The molecule has 6 nitrogen and oxygen atoms in total. The Balaban J connectivity index is 1.49. The SMILES string of the molecule is O=CN(c1cc(C2=CCC(NC(=O)CCC(F)(F)F)CC2)c2cc[nH]c2n1)C1CC1. The predicted molar refractivity (Wildman–Crippen MR) is 107 cm³/mol. The van der Waals surface area contributed by atoms with Crippen molar-refractivity contribution >= 4 is 34.7 Å². The molecule has 2 aliphatic carbocycles. The van der Waals surface area contributed by atoms with Gasteiger partial charge in [-0.2, -0.15) is 13.2 Å². The molecule has 2 aromatic heterocycles. The van der Waals surface area contributed by atoms with Crippen LogP contribution in [-0.2, 0) is 9.59 Å². The van der Waals surface area contributed by atoms with Crippen LogP contribution in [0.5, 0.6) is 0 Å². The average Bonchev–Trinajstić information content (AvgIpc) is 3.42. The molecule has 0 aromatic carbocycles. The van der Waals surface area contributed by atoms with Crippen LogP contribution in [-0.4, -0.2) is 40.5 Å². The number of fused-ring (bicyclic) bond motifs is 1. The number of alkyl halides is 3. The van der Waals surface area contributed by atoms with Crippen molar-refractivity contribution in [2.24, 2.45) is 0 Å². The first-order chi connectivity index (χ1) is 14.3. The van der Waals surface area contributed by atoms with Gasteiger partial charge in [-0.1, -0.05) is 6.08 Å². The van der Waals surface area contributed by atoms with Crippen molar-refractivity contribution in [3.05, 3.63) is 30.0 Å². The number of H-pyrrole nitrogens is 1. The highest BCUT2D eigenvalue weighted by atomic mass is 19.4. The number of amides is 2. The second-order valence-corrected chi connectivity index (χ2v) is 7.90. The average molecular weight is 420 g/mol. The number of hydrogen-bond acceptors (Lipinski definition) is 3. The van der Waals surface area contributed by atoms with E-state index in [9.17, 15) is 22.8 Å². The lowest BCUT2D eigenvalue weighted by molar-refractivity contribution is -0.144. The van der Waals surface area contributed by atoms with E-state index >= 15 is 0 Å². The third-order valence-electron chi connectivity index (χ3n) is 5.59. The van der Waals surface area contributed by atoms with E-state index in [0.717, 1.165) is 35.8 Å². The minimum absolute atomic E-state index is 0.171. The third-order valence-corrected chi connectivity index (χ3v) is 5.59. The lowest BCUT2D eigenvalue weighted by Crippen LogP contribution is -2.36. The van der Waals surface area contributed by atoms with E-state index < -0.39 is 24.9 Å². The highest BCUT2D eigenvalue weighted by molar-refractivity contribution is 5.93. The molecule has 2 amide bonds. The number of nitrogens with zero attached hydrogens (tertiary/aromatic N) is 2. The topological polar surface area (TPSA) is 78.1 Å². The summed E-state index contributed by atoms with van der Waals surface area (Å²) in [4.78, 5) is 32.7. The second kappa shape index (κ2) is 8.12. The Morgan fingerprint density at radius 1 is 1.33 bits per heavy atom. The van der Waals surface area contributed by atoms with Crippen molar-refractivity contribution in [2.45, 2.75) is 63.2 Å². The van der Waals surface area contributed by atoms with Gasteiger partial charge in [-0.3, -0.25) is 14.5 Å².